The summed E-state index contributed by atoms with van der Waals surface area (Å²) in [7, 11) is 0. The van der Waals surface area contributed by atoms with Crippen molar-refractivity contribution in [2.75, 3.05) is 0 Å². The molecule has 0 radical (unpaired) electrons. The summed E-state index contributed by atoms with van der Waals surface area (Å²) in [5, 5.41) is 3.16. The van der Waals surface area contributed by atoms with E-state index in [2.05, 4.69) is 10.3 Å². The normalized spacial score (nSPS) is 21.1. The van der Waals surface area contributed by atoms with E-state index in [0.29, 0.717) is 35.6 Å². The van der Waals surface area contributed by atoms with Gasteiger partial charge < -0.3 is 19.7 Å². The maximum Gasteiger partial charge on any atom is 0.410 e. The van der Waals surface area contributed by atoms with Gasteiger partial charge in [0.15, 0.2) is 11.4 Å². The number of imidazole rings is 1. The van der Waals surface area contributed by atoms with Crippen molar-refractivity contribution in [1.29, 1.82) is 0 Å². The number of fused-ring (bicyclic) bond motifs is 3. The minimum atomic E-state index is -0.691. The summed E-state index contributed by atoms with van der Waals surface area (Å²) in [6.45, 7) is 7.01. The molecule has 8 nitrogen and oxygen atoms in total. The predicted molar refractivity (Wildman–Crippen MR) is 141 cm³/mol. The number of benzene rings is 1. The van der Waals surface area contributed by atoms with Crippen molar-refractivity contribution in [3.8, 4) is 5.75 Å². The lowest BCUT2D eigenvalue weighted by molar-refractivity contribution is -0.0229. The van der Waals surface area contributed by atoms with E-state index in [-0.39, 0.29) is 42.3 Å². The first kappa shape index (κ1) is 26.9. The minimum absolute atomic E-state index is 0.0136. The number of amides is 2. The molecule has 2 aliphatic rings. The van der Waals surface area contributed by atoms with Gasteiger partial charge in [-0.25, -0.2) is 18.6 Å². The summed E-state index contributed by atoms with van der Waals surface area (Å²) >= 11 is 0. The number of halogens is 2. The van der Waals surface area contributed by atoms with Gasteiger partial charge in [0.2, 0.25) is 0 Å². The van der Waals surface area contributed by atoms with Crippen LogP contribution in [0, 0.1) is 18.6 Å². The maximum absolute atomic E-state index is 14.1. The van der Waals surface area contributed by atoms with Crippen molar-refractivity contribution < 1.29 is 27.8 Å². The molecule has 2 aliphatic heterocycles. The van der Waals surface area contributed by atoms with E-state index in [4.69, 9.17) is 9.47 Å². The Morgan fingerprint density at radius 2 is 1.74 bits per heavy atom. The van der Waals surface area contributed by atoms with Crippen molar-refractivity contribution in [2.24, 2.45) is 0 Å². The highest BCUT2D eigenvalue weighted by Gasteiger charge is 2.43. The molecule has 0 aliphatic carbocycles. The fraction of sp³-hybridized carbons (Fsp3) is 0.483. The Morgan fingerprint density at radius 3 is 2.38 bits per heavy atom. The van der Waals surface area contributed by atoms with Gasteiger partial charge in [-0.05, 0) is 84.1 Å². The van der Waals surface area contributed by atoms with Crippen LogP contribution in [0.2, 0.25) is 0 Å². The van der Waals surface area contributed by atoms with Gasteiger partial charge in [0.25, 0.3) is 5.91 Å². The van der Waals surface area contributed by atoms with Crippen LogP contribution in [0.1, 0.15) is 74.6 Å². The maximum atomic E-state index is 14.1. The minimum Gasteiger partial charge on any atom is -0.485 e. The number of hydrogen-bond acceptors (Lipinski definition) is 5. The van der Waals surface area contributed by atoms with E-state index in [1.807, 2.05) is 25.7 Å². The second-order valence-electron chi connectivity index (χ2n) is 11.4. The van der Waals surface area contributed by atoms with Crippen LogP contribution in [0.3, 0.4) is 0 Å². The van der Waals surface area contributed by atoms with Crippen LogP contribution in [-0.2, 0) is 11.3 Å². The van der Waals surface area contributed by atoms with E-state index in [0.717, 1.165) is 19.3 Å². The Bertz CT molecular complexity index is 1370. The zero-order valence-electron chi connectivity index (χ0n) is 22.7. The standard InChI is InChI=1S/C29H34F2N4O4/c1-17-25(34-13-7-12-24(26(34)32-17)38-16-21-22(30)10-6-11-23(21)31)27(36)33-18-14-19-8-5-9-20(15-18)35(19)28(37)39-29(2,3)4/h6-7,10-13,18-20H,5,8-9,14-16H2,1-4H3,(H,33,36). The number of nitrogens with one attached hydrogen (secondary N) is 1. The molecule has 10 heteroatoms. The number of piperidine rings is 2. The smallest absolute Gasteiger partial charge is 0.410 e. The molecular formula is C29H34F2N4O4. The summed E-state index contributed by atoms with van der Waals surface area (Å²) in [5.41, 5.74) is 0.514. The van der Waals surface area contributed by atoms with Crippen LogP contribution >= 0.6 is 0 Å². The fourth-order valence-electron chi connectivity index (χ4n) is 5.73. The lowest BCUT2D eigenvalue weighted by atomic mass is 9.82. The number of aromatic nitrogens is 2. The number of ether oxygens (including phenoxy) is 2. The van der Waals surface area contributed by atoms with Gasteiger partial charge in [-0.2, -0.15) is 0 Å². The Labute approximate surface area is 226 Å². The van der Waals surface area contributed by atoms with Gasteiger partial charge in [-0.3, -0.25) is 9.20 Å². The molecule has 2 atom stereocenters. The first-order valence-electron chi connectivity index (χ1n) is 13.4. The number of pyridine rings is 1. The summed E-state index contributed by atoms with van der Waals surface area (Å²) in [6, 6.07) is 6.93. The van der Waals surface area contributed by atoms with E-state index in [1.165, 1.54) is 18.2 Å². The van der Waals surface area contributed by atoms with Crippen LogP contribution in [0.15, 0.2) is 36.5 Å². The van der Waals surface area contributed by atoms with Crippen LogP contribution in [0.25, 0.3) is 5.65 Å². The Morgan fingerprint density at radius 1 is 1.08 bits per heavy atom. The largest absolute Gasteiger partial charge is 0.485 e. The highest BCUT2D eigenvalue weighted by atomic mass is 19.1. The lowest BCUT2D eigenvalue weighted by Crippen LogP contribution is -2.59. The fourth-order valence-corrected chi connectivity index (χ4v) is 5.73. The molecule has 5 rings (SSSR count). The monoisotopic (exact) mass is 540 g/mol. The third-order valence-electron chi connectivity index (χ3n) is 7.35. The van der Waals surface area contributed by atoms with Crippen molar-refractivity contribution >= 4 is 17.6 Å². The van der Waals surface area contributed by atoms with Gasteiger partial charge >= 0.3 is 6.09 Å². The van der Waals surface area contributed by atoms with Gasteiger partial charge in [-0.15, -0.1) is 0 Å². The van der Waals surface area contributed by atoms with Crippen molar-refractivity contribution in [3.05, 3.63) is 65.1 Å². The summed E-state index contributed by atoms with van der Waals surface area (Å²) in [5.74, 6) is -1.35. The number of carbonyl (C=O) groups is 2. The first-order chi connectivity index (χ1) is 18.5. The van der Waals surface area contributed by atoms with Crippen molar-refractivity contribution in [2.45, 2.75) is 90.1 Å². The molecule has 2 aromatic heterocycles. The predicted octanol–water partition coefficient (Wildman–Crippen LogP) is 5.55. The first-order valence-corrected chi connectivity index (χ1v) is 13.4. The Balaban J connectivity index is 1.31. The highest BCUT2D eigenvalue weighted by Crippen LogP contribution is 2.35. The molecule has 2 fully saturated rings. The second kappa shape index (κ2) is 10.5. The van der Waals surface area contributed by atoms with Gasteiger partial charge in [-0.1, -0.05) is 6.07 Å². The molecule has 0 saturated carbocycles. The summed E-state index contributed by atoms with van der Waals surface area (Å²) < 4.78 is 41.2. The molecule has 208 valence electrons. The average molecular weight is 541 g/mol. The molecule has 2 bridgehead atoms. The molecular weight excluding hydrogens is 506 g/mol. The third kappa shape index (κ3) is 5.55. The SMILES string of the molecule is Cc1nc2c(OCc3c(F)cccc3F)cccn2c1C(=O)NC1CC2CCCC(C1)N2C(=O)OC(C)(C)C. The Kier molecular flexibility index (Phi) is 7.22. The molecule has 2 saturated heterocycles. The zero-order valence-corrected chi connectivity index (χ0v) is 22.7. The lowest BCUT2D eigenvalue weighted by Gasteiger charge is -2.48. The van der Waals surface area contributed by atoms with Gasteiger partial charge in [0, 0.05) is 24.3 Å². The summed E-state index contributed by atoms with van der Waals surface area (Å²) in [4.78, 5) is 32.8. The molecule has 1 aromatic carbocycles. The number of hydrogen-bond donors (Lipinski definition) is 1. The molecule has 39 heavy (non-hydrogen) atoms. The number of aryl methyl sites for hydroxylation is 1. The van der Waals surface area contributed by atoms with E-state index in [9.17, 15) is 18.4 Å². The van der Waals surface area contributed by atoms with Gasteiger partial charge in [0.05, 0.1) is 11.3 Å². The highest BCUT2D eigenvalue weighted by molar-refractivity contribution is 5.95. The molecule has 2 amide bonds. The van der Waals surface area contributed by atoms with Crippen molar-refractivity contribution in [1.82, 2.24) is 19.6 Å². The Hall–Kier alpha value is -3.69. The molecule has 2 unspecified atom stereocenters. The number of rotatable bonds is 5. The third-order valence-corrected chi connectivity index (χ3v) is 7.35. The number of nitrogens with zero attached hydrogens (tertiary/aromatic N) is 3. The quantitative estimate of drug-likeness (QED) is 0.459. The number of carbonyl (C=O) groups excluding carboxylic acids is 2. The van der Waals surface area contributed by atoms with Gasteiger partial charge in [0.1, 0.15) is 29.5 Å². The van der Waals surface area contributed by atoms with E-state index in [1.54, 1.807) is 29.7 Å². The summed E-state index contributed by atoms with van der Waals surface area (Å²) in [6.07, 6.45) is 5.52. The zero-order chi connectivity index (χ0) is 27.9. The van der Waals surface area contributed by atoms with E-state index >= 15 is 0 Å². The van der Waals surface area contributed by atoms with E-state index < -0.39 is 17.2 Å². The molecule has 3 aromatic rings. The topological polar surface area (TPSA) is 85.2 Å². The van der Waals surface area contributed by atoms with Crippen molar-refractivity contribution in [3.63, 3.8) is 0 Å². The van der Waals surface area contributed by atoms with Crippen LogP contribution < -0.4 is 10.1 Å². The van der Waals surface area contributed by atoms with Crippen LogP contribution in [0.4, 0.5) is 13.6 Å². The average Bonchev–Trinajstić information content (AvgIpc) is 3.18. The molecule has 4 heterocycles. The molecule has 1 N–H and O–H groups in total. The second-order valence-corrected chi connectivity index (χ2v) is 11.4. The van der Waals surface area contributed by atoms with Crippen LogP contribution in [-0.4, -0.2) is 50.0 Å². The van der Waals surface area contributed by atoms with Crippen LogP contribution in [0.5, 0.6) is 5.75 Å². The molecule has 0 spiro atoms.